The van der Waals surface area contributed by atoms with Crippen LogP contribution >= 0.6 is 11.3 Å². The summed E-state index contributed by atoms with van der Waals surface area (Å²) < 4.78 is 0. The lowest BCUT2D eigenvalue weighted by Crippen LogP contribution is -2.49. The maximum atomic E-state index is 13.1. The first-order valence-corrected chi connectivity index (χ1v) is 13.6. The van der Waals surface area contributed by atoms with E-state index in [9.17, 15) is 9.59 Å². The van der Waals surface area contributed by atoms with Gasteiger partial charge in [-0.2, -0.15) is 0 Å². The van der Waals surface area contributed by atoms with Gasteiger partial charge in [-0.1, -0.05) is 18.2 Å². The number of piperidine rings is 1. The van der Waals surface area contributed by atoms with E-state index in [1.165, 1.54) is 0 Å². The van der Waals surface area contributed by atoms with Gasteiger partial charge in [-0.05, 0) is 24.5 Å². The summed E-state index contributed by atoms with van der Waals surface area (Å²) in [6, 6.07) is 8.08. The van der Waals surface area contributed by atoms with Crippen LogP contribution in [-0.2, 0) is 11.2 Å². The molecule has 190 valence electrons. The van der Waals surface area contributed by atoms with Gasteiger partial charge in [0, 0.05) is 80.1 Å². The topological polar surface area (TPSA) is 98.3 Å². The number of para-hydroxylation sites is 1. The number of rotatable bonds is 5. The number of nitrogens with zero attached hydrogens (tertiary/aromatic N) is 6. The molecule has 10 heteroatoms. The summed E-state index contributed by atoms with van der Waals surface area (Å²) in [6.45, 7) is 4.18. The van der Waals surface area contributed by atoms with Crippen LogP contribution in [-0.4, -0.2) is 80.8 Å². The Kier molecular flexibility index (Phi) is 6.57. The molecule has 0 atom stereocenters. The Balaban J connectivity index is 1.01. The molecule has 0 spiro atoms. The van der Waals surface area contributed by atoms with E-state index >= 15 is 0 Å². The number of nitrogens with one attached hydrogen (secondary N) is 1. The number of amides is 2. The van der Waals surface area contributed by atoms with E-state index < -0.39 is 0 Å². The van der Waals surface area contributed by atoms with Crippen LogP contribution in [0.25, 0.3) is 10.9 Å². The number of aromatic amines is 1. The number of aromatic nitrogens is 4. The number of H-pyrrole nitrogens is 1. The highest BCUT2D eigenvalue weighted by Crippen LogP contribution is 2.31. The van der Waals surface area contributed by atoms with E-state index in [0.717, 1.165) is 66.3 Å². The van der Waals surface area contributed by atoms with Gasteiger partial charge in [-0.15, -0.1) is 11.3 Å². The van der Waals surface area contributed by atoms with Crippen LogP contribution < -0.4 is 4.90 Å². The van der Waals surface area contributed by atoms with Crippen molar-refractivity contribution in [3.8, 4) is 0 Å². The van der Waals surface area contributed by atoms with Crippen molar-refractivity contribution in [1.82, 2.24) is 29.7 Å². The highest BCUT2D eigenvalue weighted by molar-refractivity contribution is 7.09. The summed E-state index contributed by atoms with van der Waals surface area (Å²) in [5, 5.41) is 4.01. The van der Waals surface area contributed by atoms with E-state index in [-0.39, 0.29) is 17.7 Å². The first kappa shape index (κ1) is 23.6. The van der Waals surface area contributed by atoms with E-state index in [1.54, 1.807) is 29.9 Å². The molecule has 2 saturated heterocycles. The summed E-state index contributed by atoms with van der Waals surface area (Å²) in [5.41, 5.74) is 2.64. The largest absolute Gasteiger partial charge is 0.361 e. The number of hydrogen-bond acceptors (Lipinski definition) is 7. The maximum Gasteiger partial charge on any atom is 0.273 e. The lowest BCUT2D eigenvalue weighted by molar-refractivity contribution is -0.131. The fourth-order valence-electron chi connectivity index (χ4n) is 5.26. The minimum Gasteiger partial charge on any atom is -0.361 e. The molecule has 0 aliphatic carbocycles. The second-order valence-electron chi connectivity index (χ2n) is 9.61. The van der Waals surface area contributed by atoms with Gasteiger partial charge >= 0.3 is 0 Å². The molecule has 5 heterocycles. The van der Waals surface area contributed by atoms with Gasteiger partial charge in [0.05, 0.1) is 17.6 Å². The highest BCUT2D eigenvalue weighted by atomic mass is 32.1. The molecule has 37 heavy (non-hydrogen) atoms. The maximum absolute atomic E-state index is 13.1. The summed E-state index contributed by atoms with van der Waals surface area (Å²) in [7, 11) is 0. The number of piperazine rings is 1. The van der Waals surface area contributed by atoms with Gasteiger partial charge < -0.3 is 19.7 Å². The third kappa shape index (κ3) is 4.93. The van der Waals surface area contributed by atoms with Crippen LogP contribution in [0.1, 0.15) is 39.8 Å². The Hall–Kier alpha value is -3.79. The molecule has 1 N–H and O–H groups in total. The van der Waals surface area contributed by atoms with Gasteiger partial charge in [-0.3, -0.25) is 14.6 Å². The quantitative estimate of drug-likeness (QED) is 0.438. The molecule has 9 nitrogen and oxygen atoms in total. The zero-order valence-electron chi connectivity index (χ0n) is 20.5. The lowest BCUT2D eigenvalue weighted by Gasteiger charge is -2.34. The van der Waals surface area contributed by atoms with Crippen molar-refractivity contribution in [2.24, 2.45) is 0 Å². The zero-order chi connectivity index (χ0) is 25.2. The molecule has 2 amide bonds. The number of likely N-dealkylation sites (tertiary alicyclic amines) is 1. The van der Waals surface area contributed by atoms with Crippen molar-refractivity contribution in [1.29, 1.82) is 0 Å². The molecule has 4 aromatic rings. The third-order valence-electron chi connectivity index (χ3n) is 7.39. The third-order valence-corrected chi connectivity index (χ3v) is 8.40. The predicted octanol–water partition coefficient (Wildman–Crippen LogP) is 3.33. The van der Waals surface area contributed by atoms with Crippen molar-refractivity contribution in [2.75, 3.05) is 44.2 Å². The highest BCUT2D eigenvalue weighted by Gasteiger charge is 2.29. The molecule has 0 bridgehead atoms. The smallest absolute Gasteiger partial charge is 0.273 e. The van der Waals surface area contributed by atoms with Crippen molar-refractivity contribution >= 4 is 39.9 Å². The SMILES string of the molecule is O=C(Cc1c[nH]c2ccccc12)N1CCC(c2nc(C(=O)N3CCN(c4cnccn4)CC3)cs2)CC1. The Morgan fingerprint density at radius 2 is 1.81 bits per heavy atom. The van der Waals surface area contributed by atoms with Crippen LogP contribution in [0.5, 0.6) is 0 Å². The molecule has 0 saturated carbocycles. The van der Waals surface area contributed by atoms with E-state index in [2.05, 4.69) is 25.9 Å². The number of carbonyl (C=O) groups is 2. The number of carbonyl (C=O) groups excluding carboxylic acids is 2. The van der Waals surface area contributed by atoms with Gasteiger partial charge in [0.25, 0.3) is 5.91 Å². The molecule has 0 unspecified atom stereocenters. The van der Waals surface area contributed by atoms with E-state index in [4.69, 9.17) is 4.98 Å². The average molecular weight is 516 g/mol. The summed E-state index contributed by atoms with van der Waals surface area (Å²) in [5.74, 6) is 1.29. The van der Waals surface area contributed by atoms with Gasteiger partial charge in [0.15, 0.2) is 0 Å². The minimum atomic E-state index is -0.00682. The second-order valence-corrected chi connectivity index (χ2v) is 10.5. The molecule has 6 rings (SSSR count). The fraction of sp³-hybridized carbons (Fsp3) is 0.370. The predicted molar refractivity (Wildman–Crippen MR) is 143 cm³/mol. The molecule has 0 radical (unpaired) electrons. The van der Waals surface area contributed by atoms with Crippen molar-refractivity contribution in [3.05, 3.63) is 70.7 Å². The monoisotopic (exact) mass is 515 g/mol. The first-order chi connectivity index (χ1) is 18.2. The molecule has 2 aliphatic heterocycles. The van der Waals surface area contributed by atoms with Crippen molar-refractivity contribution in [2.45, 2.75) is 25.2 Å². The molecule has 2 fully saturated rings. The van der Waals surface area contributed by atoms with Crippen LogP contribution in [0.2, 0.25) is 0 Å². The van der Waals surface area contributed by atoms with Crippen molar-refractivity contribution in [3.63, 3.8) is 0 Å². The molecule has 2 aliphatic rings. The molecular weight excluding hydrogens is 486 g/mol. The van der Waals surface area contributed by atoms with Gasteiger partial charge in [0.1, 0.15) is 11.5 Å². The Morgan fingerprint density at radius 3 is 2.59 bits per heavy atom. The number of anilines is 1. The number of hydrogen-bond donors (Lipinski definition) is 1. The van der Waals surface area contributed by atoms with E-state index in [1.807, 2.05) is 39.6 Å². The Labute approximate surface area is 219 Å². The number of benzene rings is 1. The molecule has 1 aromatic carbocycles. The first-order valence-electron chi connectivity index (χ1n) is 12.7. The zero-order valence-corrected chi connectivity index (χ0v) is 21.4. The minimum absolute atomic E-state index is 0.00682. The Morgan fingerprint density at radius 1 is 1.00 bits per heavy atom. The fourth-order valence-corrected chi connectivity index (χ4v) is 6.22. The van der Waals surface area contributed by atoms with Gasteiger partial charge in [0.2, 0.25) is 5.91 Å². The van der Waals surface area contributed by atoms with Gasteiger partial charge in [-0.25, -0.2) is 9.97 Å². The summed E-state index contributed by atoms with van der Waals surface area (Å²) in [4.78, 5) is 48.5. The van der Waals surface area contributed by atoms with Crippen LogP contribution in [0, 0.1) is 0 Å². The van der Waals surface area contributed by atoms with Crippen LogP contribution in [0.3, 0.4) is 0 Å². The number of fused-ring (bicyclic) bond motifs is 1. The second kappa shape index (κ2) is 10.3. The Bertz CT molecular complexity index is 1390. The number of thiazole rings is 1. The molecular formula is C27H29N7O2S. The van der Waals surface area contributed by atoms with Crippen LogP contribution in [0.4, 0.5) is 5.82 Å². The summed E-state index contributed by atoms with van der Waals surface area (Å²) in [6.07, 6.45) is 9.21. The van der Waals surface area contributed by atoms with E-state index in [0.29, 0.717) is 25.2 Å². The lowest BCUT2D eigenvalue weighted by atomic mass is 9.97. The van der Waals surface area contributed by atoms with Crippen molar-refractivity contribution < 1.29 is 9.59 Å². The summed E-state index contributed by atoms with van der Waals surface area (Å²) >= 11 is 1.57. The normalized spacial score (nSPS) is 16.9. The standard InChI is InChI=1S/C27H29N7O2S/c35-25(15-20-16-30-22-4-2-1-3-21(20)22)33-9-5-19(6-10-33)26-31-23(18-37-26)27(36)34-13-11-32(12-14-34)24-17-28-7-8-29-24/h1-4,7-8,16-19,30H,5-6,9-15H2. The average Bonchev–Trinajstić information content (AvgIpc) is 3.61. The van der Waals surface area contributed by atoms with Crippen LogP contribution in [0.15, 0.2) is 54.4 Å². The molecule has 3 aromatic heterocycles.